The molecule has 0 aliphatic carbocycles. The van der Waals surface area contributed by atoms with E-state index in [0.29, 0.717) is 18.1 Å². The van der Waals surface area contributed by atoms with Crippen LogP contribution in [0.5, 0.6) is 5.88 Å². The molecule has 0 unspecified atom stereocenters. The number of nitrogens with zero attached hydrogens (tertiary/aromatic N) is 3. The summed E-state index contributed by atoms with van der Waals surface area (Å²) in [6, 6.07) is 9.08. The normalized spacial score (nSPS) is 12.0. The van der Waals surface area contributed by atoms with Gasteiger partial charge in [0.05, 0.1) is 13.2 Å². The minimum Gasteiger partial charge on any atom is -0.481 e. The second-order valence-electron chi connectivity index (χ2n) is 5.63. The second kappa shape index (κ2) is 7.72. The Labute approximate surface area is 137 Å². The zero-order valence-electron chi connectivity index (χ0n) is 14.1. The Morgan fingerprint density at radius 1 is 1.26 bits per heavy atom. The number of hydrogen-bond donors (Lipinski definition) is 0. The fraction of sp³-hybridized carbons (Fsp3) is 0.389. The van der Waals surface area contributed by atoms with E-state index in [9.17, 15) is 4.79 Å². The highest BCUT2D eigenvalue weighted by molar-refractivity contribution is 5.92. The van der Waals surface area contributed by atoms with Gasteiger partial charge in [0, 0.05) is 25.0 Å². The zero-order chi connectivity index (χ0) is 16.8. The average Bonchev–Trinajstić information content (AvgIpc) is 2.59. The summed E-state index contributed by atoms with van der Waals surface area (Å²) in [5, 5.41) is 0. The second-order valence-corrected chi connectivity index (χ2v) is 5.63. The molecule has 0 radical (unpaired) electrons. The van der Waals surface area contributed by atoms with E-state index in [-0.39, 0.29) is 17.9 Å². The molecule has 2 heterocycles. The quantitative estimate of drug-likeness (QED) is 0.820. The summed E-state index contributed by atoms with van der Waals surface area (Å²) in [6.45, 7) is 6.78. The molecule has 0 fully saturated rings. The summed E-state index contributed by atoms with van der Waals surface area (Å²) in [4.78, 5) is 23.2. The van der Waals surface area contributed by atoms with Gasteiger partial charge in [-0.1, -0.05) is 26.0 Å². The SMILES string of the molecule is CCN(C(=O)c1cccc(OC)n1)[C@@H](c1cccnc1)C(C)C. The molecule has 2 aromatic heterocycles. The van der Waals surface area contributed by atoms with Crippen LogP contribution in [0.2, 0.25) is 0 Å². The molecule has 0 spiro atoms. The minimum atomic E-state index is -0.103. The molecule has 0 N–H and O–H groups in total. The first-order valence-corrected chi connectivity index (χ1v) is 7.80. The van der Waals surface area contributed by atoms with Crippen LogP contribution >= 0.6 is 0 Å². The maximum absolute atomic E-state index is 13.0. The van der Waals surface area contributed by atoms with Gasteiger partial charge in [-0.15, -0.1) is 0 Å². The van der Waals surface area contributed by atoms with Crippen molar-refractivity contribution < 1.29 is 9.53 Å². The van der Waals surface area contributed by atoms with Gasteiger partial charge in [-0.05, 0) is 30.5 Å². The van der Waals surface area contributed by atoms with Crippen molar-refractivity contribution in [1.29, 1.82) is 0 Å². The summed E-state index contributed by atoms with van der Waals surface area (Å²) in [5.41, 5.74) is 1.42. The first kappa shape index (κ1) is 16.9. The molecular formula is C18H23N3O2. The van der Waals surface area contributed by atoms with Gasteiger partial charge in [-0.3, -0.25) is 9.78 Å². The molecule has 0 bridgehead atoms. The highest BCUT2D eigenvalue weighted by atomic mass is 16.5. The van der Waals surface area contributed by atoms with Crippen molar-refractivity contribution in [3.8, 4) is 5.88 Å². The summed E-state index contributed by atoms with van der Waals surface area (Å²) < 4.78 is 5.12. The fourth-order valence-corrected chi connectivity index (χ4v) is 2.74. The molecule has 0 saturated heterocycles. The van der Waals surface area contributed by atoms with Crippen LogP contribution in [-0.2, 0) is 0 Å². The van der Waals surface area contributed by atoms with E-state index in [1.165, 1.54) is 0 Å². The first-order valence-electron chi connectivity index (χ1n) is 7.80. The Morgan fingerprint density at radius 2 is 2.04 bits per heavy atom. The molecule has 0 aliphatic rings. The number of carbonyl (C=O) groups is 1. The number of amides is 1. The van der Waals surface area contributed by atoms with Gasteiger partial charge >= 0.3 is 0 Å². The molecule has 1 atom stereocenters. The largest absolute Gasteiger partial charge is 0.481 e. The Hall–Kier alpha value is -2.43. The van der Waals surface area contributed by atoms with Crippen LogP contribution in [0.4, 0.5) is 0 Å². The number of carbonyl (C=O) groups excluding carboxylic acids is 1. The average molecular weight is 313 g/mol. The molecule has 23 heavy (non-hydrogen) atoms. The molecule has 5 heteroatoms. The third-order valence-electron chi connectivity index (χ3n) is 3.75. The smallest absolute Gasteiger partial charge is 0.273 e. The molecule has 0 saturated carbocycles. The van der Waals surface area contributed by atoms with Crippen molar-refractivity contribution >= 4 is 5.91 Å². The van der Waals surface area contributed by atoms with E-state index in [0.717, 1.165) is 5.56 Å². The molecule has 5 nitrogen and oxygen atoms in total. The van der Waals surface area contributed by atoms with Crippen LogP contribution in [0.1, 0.15) is 42.9 Å². The van der Waals surface area contributed by atoms with Crippen LogP contribution in [-0.4, -0.2) is 34.4 Å². The van der Waals surface area contributed by atoms with Crippen LogP contribution in [0.3, 0.4) is 0 Å². The lowest BCUT2D eigenvalue weighted by atomic mass is 9.95. The van der Waals surface area contributed by atoms with E-state index in [1.54, 1.807) is 31.5 Å². The van der Waals surface area contributed by atoms with Gasteiger partial charge in [-0.2, -0.15) is 0 Å². The molecule has 0 aromatic carbocycles. The van der Waals surface area contributed by atoms with Gasteiger partial charge in [0.1, 0.15) is 5.69 Å². The van der Waals surface area contributed by atoms with Crippen molar-refractivity contribution in [3.05, 3.63) is 54.0 Å². The summed E-state index contributed by atoms with van der Waals surface area (Å²) in [6.07, 6.45) is 3.56. The Balaban J connectivity index is 2.37. The number of rotatable bonds is 6. The standard InChI is InChI=1S/C18H23N3O2/c1-5-21(17(13(2)3)14-8-7-11-19-12-14)18(22)15-9-6-10-16(20-15)23-4/h6-13,17H,5H2,1-4H3/t17-/m1/s1. The van der Waals surface area contributed by atoms with Crippen LogP contribution in [0, 0.1) is 5.92 Å². The Bertz CT molecular complexity index is 644. The van der Waals surface area contributed by atoms with Gasteiger partial charge in [-0.25, -0.2) is 4.98 Å². The van der Waals surface area contributed by atoms with Crippen LogP contribution in [0.25, 0.3) is 0 Å². The van der Waals surface area contributed by atoms with E-state index in [1.807, 2.05) is 30.2 Å². The number of hydrogen-bond acceptors (Lipinski definition) is 4. The van der Waals surface area contributed by atoms with Crippen molar-refractivity contribution in [2.75, 3.05) is 13.7 Å². The zero-order valence-corrected chi connectivity index (χ0v) is 14.1. The van der Waals surface area contributed by atoms with Crippen LogP contribution in [0.15, 0.2) is 42.7 Å². The fourth-order valence-electron chi connectivity index (χ4n) is 2.74. The maximum atomic E-state index is 13.0. The van der Waals surface area contributed by atoms with Gasteiger partial charge in [0.15, 0.2) is 0 Å². The van der Waals surface area contributed by atoms with Gasteiger partial charge in [0.2, 0.25) is 5.88 Å². The maximum Gasteiger partial charge on any atom is 0.273 e. The van der Waals surface area contributed by atoms with Crippen molar-refractivity contribution in [3.63, 3.8) is 0 Å². The topological polar surface area (TPSA) is 55.3 Å². The van der Waals surface area contributed by atoms with Crippen molar-refractivity contribution in [1.82, 2.24) is 14.9 Å². The lowest BCUT2D eigenvalue weighted by Gasteiger charge is -2.33. The number of methoxy groups -OCH3 is 1. The van der Waals surface area contributed by atoms with E-state index in [4.69, 9.17) is 4.74 Å². The molecular weight excluding hydrogens is 290 g/mol. The Kier molecular flexibility index (Phi) is 5.68. The summed E-state index contributed by atoms with van der Waals surface area (Å²) in [5.74, 6) is 0.594. The summed E-state index contributed by atoms with van der Waals surface area (Å²) >= 11 is 0. The van der Waals surface area contributed by atoms with Gasteiger partial charge in [0.25, 0.3) is 5.91 Å². The third kappa shape index (κ3) is 3.86. The highest BCUT2D eigenvalue weighted by Gasteiger charge is 2.28. The van der Waals surface area contributed by atoms with E-state index >= 15 is 0 Å². The van der Waals surface area contributed by atoms with Gasteiger partial charge < -0.3 is 9.64 Å². The third-order valence-corrected chi connectivity index (χ3v) is 3.75. The van der Waals surface area contributed by atoms with Crippen molar-refractivity contribution in [2.45, 2.75) is 26.8 Å². The summed E-state index contributed by atoms with van der Waals surface area (Å²) in [7, 11) is 1.54. The van der Waals surface area contributed by atoms with E-state index in [2.05, 4.69) is 23.8 Å². The molecule has 2 aromatic rings. The van der Waals surface area contributed by atoms with Crippen LogP contribution < -0.4 is 4.74 Å². The minimum absolute atomic E-state index is 0.0470. The van der Waals surface area contributed by atoms with E-state index < -0.39 is 0 Å². The predicted molar refractivity (Wildman–Crippen MR) is 89.3 cm³/mol. The number of ether oxygens (including phenoxy) is 1. The highest BCUT2D eigenvalue weighted by Crippen LogP contribution is 2.29. The molecule has 122 valence electrons. The molecule has 1 amide bonds. The first-order chi connectivity index (χ1) is 11.1. The lowest BCUT2D eigenvalue weighted by molar-refractivity contribution is 0.0629. The monoisotopic (exact) mass is 313 g/mol. The number of pyridine rings is 2. The number of aromatic nitrogens is 2. The lowest BCUT2D eigenvalue weighted by Crippen LogP contribution is -2.37. The molecule has 2 rings (SSSR count). The molecule has 0 aliphatic heterocycles. The predicted octanol–water partition coefficient (Wildman–Crippen LogP) is 3.34. The Morgan fingerprint density at radius 3 is 2.61 bits per heavy atom. The van der Waals surface area contributed by atoms with Crippen molar-refractivity contribution in [2.24, 2.45) is 5.92 Å².